The van der Waals surface area contributed by atoms with Crippen LogP contribution in [0.4, 0.5) is 22.7 Å². The molecule has 0 saturated carbocycles. The van der Waals surface area contributed by atoms with E-state index in [1.54, 1.807) is 0 Å². The van der Waals surface area contributed by atoms with E-state index in [-0.39, 0.29) is 0 Å². The molecule has 2 N–H and O–H groups in total. The molecular formula is C34H34N6. The molecule has 40 heavy (non-hydrogen) atoms. The second-order valence-corrected chi connectivity index (χ2v) is 9.45. The van der Waals surface area contributed by atoms with Crippen LogP contribution in [-0.4, -0.2) is 51.0 Å². The molecule has 0 aromatic heterocycles. The predicted octanol–water partition coefficient (Wildman–Crippen LogP) is 7.34. The summed E-state index contributed by atoms with van der Waals surface area (Å²) in [6, 6.07) is 32.9. The highest BCUT2D eigenvalue weighted by atomic mass is 14.9. The molecule has 0 saturated heterocycles. The van der Waals surface area contributed by atoms with Gasteiger partial charge in [-0.25, -0.2) is 0 Å². The standard InChI is InChI=1S/C34H34N6/c1-5-15-31-27(11-1)23-35-19-9-20-36-25-29-13-3-7-17-33(29)40-34-18-8-4-14-30(34)26-38-22-10-21-37-24-28-12-2-6-16-32(28)39-31/h1-8,11-18,23-26,39-40H,9-10,19-22H2. The summed E-state index contributed by atoms with van der Waals surface area (Å²) in [4.78, 5) is 18.7. The summed E-state index contributed by atoms with van der Waals surface area (Å²) in [5.41, 5.74) is 8.24. The van der Waals surface area contributed by atoms with E-state index in [1.165, 1.54) is 0 Å². The van der Waals surface area contributed by atoms with Crippen LogP contribution in [0, 0.1) is 0 Å². The number of benzene rings is 4. The van der Waals surface area contributed by atoms with Crippen LogP contribution in [0.15, 0.2) is 117 Å². The van der Waals surface area contributed by atoms with Crippen molar-refractivity contribution < 1.29 is 0 Å². The fourth-order valence-electron chi connectivity index (χ4n) is 4.34. The summed E-state index contributed by atoms with van der Waals surface area (Å²) in [5.74, 6) is 0. The molecule has 6 heteroatoms. The Morgan fingerprint density at radius 3 is 0.875 bits per heavy atom. The van der Waals surface area contributed by atoms with Gasteiger partial charge in [0.15, 0.2) is 0 Å². The third-order valence-electron chi connectivity index (χ3n) is 6.45. The largest absolute Gasteiger partial charge is 0.354 e. The third kappa shape index (κ3) is 7.60. The number of nitrogens with one attached hydrogen (secondary N) is 2. The molecule has 200 valence electrons. The number of para-hydroxylation sites is 4. The van der Waals surface area contributed by atoms with Gasteiger partial charge in [0.1, 0.15) is 0 Å². The lowest BCUT2D eigenvalue weighted by Gasteiger charge is -2.12. The van der Waals surface area contributed by atoms with Gasteiger partial charge in [0, 0.05) is 96.0 Å². The molecular weight excluding hydrogens is 492 g/mol. The highest BCUT2D eigenvalue weighted by molar-refractivity contribution is 5.94. The molecule has 0 aliphatic carbocycles. The fraction of sp³-hybridized carbons (Fsp3) is 0.176. The molecule has 1 heterocycles. The zero-order chi connectivity index (χ0) is 27.2. The van der Waals surface area contributed by atoms with E-state index in [9.17, 15) is 0 Å². The van der Waals surface area contributed by atoms with E-state index in [1.807, 2.05) is 73.4 Å². The Bertz CT molecular complexity index is 1290. The number of rotatable bonds is 0. The molecule has 4 aromatic carbocycles. The molecule has 1 aliphatic rings. The van der Waals surface area contributed by atoms with Gasteiger partial charge < -0.3 is 10.6 Å². The summed E-state index contributed by atoms with van der Waals surface area (Å²) < 4.78 is 0. The van der Waals surface area contributed by atoms with Crippen LogP contribution in [0.25, 0.3) is 0 Å². The monoisotopic (exact) mass is 526 g/mol. The SMILES string of the molecule is C1=NCCCN=Cc2ccccc2Nc2ccccc2C=NCCCN=Cc2ccccc2Nc2ccccc21. The smallest absolute Gasteiger partial charge is 0.0473 e. The van der Waals surface area contributed by atoms with Crippen molar-refractivity contribution in [1.29, 1.82) is 0 Å². The van der Waals surface area contributed by atoms with E-state index in [0.29, 0.717) is 26.2 Å². The Balaban J connectivity index is 1.38. The van der Waals surface area contributed by atoms with Crippen molar-refractivity contribution in [3.05, 3.63) is 119 Å². The minimum absolute atomic E-state index is 0.710. The first-order valence-electron chi connectivity index (χ1n) is 13.8. The van der Waals surface area contributed by atoms with Gasteiger partial charge in [-0.05, 0) is 37.1 Å². The van der Waals surface area contributed by atoms with Crippen molar-refractivity contribution in [3.63, 3.8) is 0 Å². The van der Waals surface area contributed by atoms with Gasteiger partial charge in [0.2, 0.25) is 0 Å². The first-order valence-corrected chi connectivity index (χ1v) is 13.8. The normalized spacial score (nSPS) is 14.4. The third-order valence-corrected chi connectivity index (χ3v) is 6.45. The topological polar surface area (TPSA) is 73.5 Å². The van der Waals surface area contributed by atoms with E-state index >= 15 is 0 Å². The van der Waals surface area contributed by atoms with E-state index in [2.05, 4.69) is 79.1 Å². The number of hydrogen-bond donors (Lipinski definition) is 2. The maximum atomic E-state index is 4.68. The lowest BCUT2D eigenvalue weighted by molar-refractivity contribution is 0.851. The number of anilines is 4. The number of aliphatic imine (C=N–C) groups is 4. The summed E-state index contributed by atoms with van der Waals surface area (Å²) in [7, 11) is 0. The minimum Gasteiger partial charge on any atom is -0.354 e. The summed E-state index contributed by atoms with van der Waals surface area (Å²) in [6.07, 6.45) is 9.52. The maximum absolute atomic E-state index is 4.68. The zero-order valence-corrected chi connectivity index (χ0v) is 22.6. The average molecular weight is 527 g/mol. The maximum Gasteiger partial charge on any atom is 0.0473 e. The Morgan fingerprint density at radius 1 is 0.350 bits per heavy atom. The van der Waals surface area contributed by atoms with Crippen molar-refractivity contribution in [2.24, 2.45) is 20.0 Å². The van der Waals surface area contributed by atoms with Crippen LogP contribution in [0.1, 0.15) is 35.1 Å². The summed E-state index contributed by atoms with van der Waals surface area (Å²) in [5, 5.41) is 7.15. The highest BCUT2D eigenvalue weighted by Gasteiger charge is 2.05. The van der Waals surface area contributed by atoms with Crippen LogP contribution in [0.2, 0.25) is 0 Å². The molecule has 0 unspecified atom stereocenters. The van der Waals surface area contributed by atoms with E-state index in [0.717, 1.165) is 57.8 Å². The van der Waals surface area contributed by atoms with Crippen molar-refractivity contribution in [3.8, 4) is 0 Å². The molecule has 0 atom stereocenters. The van der Waals surface area contributed by atoms with Crippen molar-refractivity contribution >= 4 is 47.6 Å². The first-order chi connectivity index (χ1) is 19.9. The molecule has 0 radical (unpaired) electrons. The van der Waals surface area contributed by atoms with Crippen LogP contribution in [0.3, 0.4) is 0 Å². The Hall–Kier alpha value is -4.84. The molecule has 0 amide bonds. The van der Waals surface area contributed by atoms with Gasteiger partial charge in [-0.2, -0.15) is 0 Å². The molecule has 0 spiro atoms. The van der Waals surface area contributed by atoms with Gasteiger partial charge in [0.05, 0.1) is 0 Å². The number of hydrogen-bond acceptors (Lipinski definition) is 6. The number of nitrogens with zero attached hydrogens (tertiary/aromatic N) is 4. The van der Waals surface area contributed by atoms with Gasteiger partial charge >= 0.3 is 0 Å². The van der Waals surface area contributed by atoms with E-state index < -0.39 is 0 Å². The lowest BCUT2D eigenvalue weighted by atomic mass is 10.1. The fourth-order valence-corrected chi connectivity index (χ4v) is 4.34. The van der Waals surface area contributed by atoms with Gasteiger partial charge in [0.25, 0.3) is 0 Å². The quantitative estimate of drug-likeness (QED) is 0.251. The molecule has 4 aromatic rings. The van der Waals surface area contributed by atoms with Gasteiger partial charge in [-0.15, -0.1) is 0 Å². The van der Waals surface area contributed by atoms with Crippen molar-refractivity contribution in [2.45, 2.75) is 12.8 Å². The second kappa shape index (κ2) is 14.4. The van der Waals surface area contributed by atoms with Crippen molar-refractivity contribution in [1.82, 2.24) is 0 Å². The number of fused-ring (bicyclic) bond motifs is 4. The second-order valence-electron chi connectivity index (χ2n) is 9.45. The van der Waals surface area contributed by atoms with Gasteiger partial charge in [-0.1, -0.05) is 72.8 Å². The predicted molar refractivity (Wildman–Crippen MR) is 171 cm³/mol. The first kappa shape index (κ1) is 26.8. The van der Waals surface area contributed by atoms with Crippen LogP contribution in [-0.2, 0) is 0 Å². The molecule has 5 rings (SSSR count). The molecule has 1 aliphatic heterocycles. The molecule has 6 nitrogen and oxygen atoms in total. The Kier molecular flexibility index (Phi) is 9.60. The summed E-state index contributed by atoms with van der Waals surface area (Å²) in [6.45, 7) is 2.84. The summed E-state index contributed by atoms with van der Waals surface area (Å²) >= 11 is 0. The van der Waals surface area contributed by atoms with Crippen LogP contribution in [0.5, 0.6) is 0 Å². The highest BCUT2D eigenvalue weighted by Crippen LogP contribution is 2.24. The van der Waals surface area contributed by atoms with Crippen molar-refractivity contribution in [2.75, 3.05) is 36.8 Å². The van der Waals surface area contributed by atoms with Crippen LogP contribution < -0.4 is 10.6 Å². The molecule has 0 bridgehead atoms. The molecule has 0 fully saturated rings. The van der Waals surface area contributed by atoms with Gasteiger partial charge in [-0.3, -0.25) is 20.0 Å². The zero-order valence-electron chi connectivity index (χ0n) is 22.6. The minimum atomic E-state index is 0.710. The van der Waals surface area contributed by atoms with Crippen LogP contribution >= 0.6 is 0 Å². The Labute approximate surface area is 236 Å². The average Bonchev–Trinajstić information content (AvgIpc) is 2.99. The van der Waals surface area contributed by atoms with E-state index in [4.69, 9.17) is 0 Å². The lowest BCUT2D eigenvalue weighted by Crippen LogP contribution is -2.00. The Morgan fingerprint density at radius 2 is 0.600 bits per heavy atom.